The van der Waals surface area contributed by atoms with Crippen LogP contribution in [0.4, 0.5) is 4.79 Å². The van der Waals surface area contributed by atoms with E-state index in [1.54, 1.807) is 27.7 Å². The highest BCUT2D eigenvalue weighted by Crippen LogP contribution is 2.21. The fraction of sp³-hybridized carbons (Fsp3) is 0.700. The number of nitrogens with zero attached hydrogens (tertiary/aromatic N) is 3. The molecule has 0 aromatic carbocycles. The number of ketones is 1. The molecule has 2 N–H and O–H groups in total. The molecule has 1 aromatic heterocycles. The number of likely N-dealkylation sites (tertiary alicyclic amines) is 1. The van der Waals surface area contributed by atoms with Crippen molar-refractivity contribution in [3.63, 3.8) is 0 Å². The summed E-state index contributed by atoms with van der Waals surface area (Å²) in [7, 11) is 2.55. The van der Waals surface area contributed by atoms with Gasteiger partial charge in [-0.05, 0) is 24.7 Å². The van der Waals surface area contributed by atoms with Gasteiger partial charge in [-0.25, -0.2) is 9.59 Å². The number of aryl methyl sites for hydroxylation is 1. The Kier molecular flexibility index (Phi) is 8.17. The fourth-order valence-electron chi connectivity index (χ4n) is 3.54. The number of aromatic nitrogens is 2. The van der Waals surface area contributed by atoms with Crippen LogP contribution in [0.5, 0.6) is 0 Å². The molecule has 3 amide bonds. The standard InChI is InChI=1S/C20H31N5O7/c1-10(2)13(15(26)17-23-24(5)20(30)32-17)21-16(27)12-8-7-9-25(12)18(28)14(11(3)4)22-19(29)31-6/h10-14H,7-9H2,1-6H3,(H,21,27)(H,22,29)/t12-,13?,14-/m0/s1. The van der Waals surface area contributed by atoms with Crippen molar-refractivity contribution in [2.24, 2.45) is 18.9 Å². The summed E-state index contributed by atoms with van der Waals surface area (Å²) in [5.74, 6) is -3.26. The molecule has 0 saturated carbocycles. The molecule has 12 nitrogen and oxygen atoms in total. The fourth-order valence-corrected chi connectivity index (χ4v) is 3.54. The van der Waals surface area contributed by atoms with Gasteiger partial charge in [0.25, 0.3) is 5.89 Å². The molecule has 2 heterocycles. The Labute approximate surface area is 185 Å². The predicted octanol–water partition coefficient (Wildman–Crippen LogP) is 0.0684. The van der Waals surface area contributed by atoms with Gasteiger partial charge in [0.15, 0.2) is 0 Å². The Morgan fingerprint density at radius 3 is 2.22 bits per heavy atom. The second-order valence-corrected chi connectivity index (χ2v) is 8.44. The molecular formula is C20H31N5O7. The van der Waals surface area contributed by atoms with Gasteiger partial charge in [0.2, 0.25) is 17.6 Å². The van der Waals surface area contributed by atoms with Crippen molar-refractivity contribution < 1.29 is 28.3 Å². The number of alkyl carbamates (subject to hydrolysis) is 1. The summed E-state index contributed by atoms with van der Waals surface area (Å²) in [6.07, 6.45) is 0.278. The Hall–Kier alpha value is -3.18. The number of Topliss-reactive ketones (excluding diaryl/α,β-unsaturated/α-hetero) is 1. The lowest BCUT2D eigenvalue weighted by molar-refractivity contribution is -0.141. The van der Waals surface area contributed by atoms with Crippen molar-refractivity contribution in [3.05, 3.63) is 16.4 Å². The highest BCUT2D eigenvalue weighted by molar-refractivity contribution is 6.00. The lowest BCUT2D eigenvalue weighted by Gasteiger charge is -2.31. The van der Waals surface area contributed by atoms with E-state index in [0.717, 1.165) is 4.68 Å². The van der Waals surface area contributed by atoms with Crippen LogP contribution in [0.2, 0.25) is 0 Å². The number of hydrogen-bond acceptors (Lipinski definition) is 8. The van der Waals surface area contributed by atoms with Crippen molar-refractivity contribution in [1.29, 1.82) is 0 Å². The molecule has 1 aromatic rings. The summed E-state index contributed by atoms with van der Waals surface area (Å²) in [4.78, 5) is 63.6. The van der Waals surface area contributed by atoms with Crippen LogP contribution < -0.4 is 16.4 Å². The van der Waals surface area contributed by atoms with Gasteiger partial charge < -0.3 is 24.7 Å². The molecule has 3 atom stereocenters. The first-order chi connectivity index (χ1) is 15.0. The van der Waals surface area contributed by atoms with E-state index in [2.05, 4.69) is 20.5 Å². The number of nitrogens with one attached hydrogen (secondary N) is 2. The van der Waals surface area contributed by atoms with Crippen LogP contribution in [-0.4, -0.2) is 70.2 Å². The lowest BCUT2D eigenvalue weighted by Crippen LogP contribution is -2.57. The van der Waals surface area contributed by atoms with Crippen LogP contribution in [0, 0.1) is 11.8 Å². The minimum Gasteiger partial charge on any atom is -0.453 e. The van der Waals surface area contributed by atoms with E-state index in [4.69, 9.17) is 4.42 Å². The minimum atomic E-state index is -0.993. The van der Waals surface area contributed by atoms with E-state index in [1.807, 2.05) is 0 Å². The molecule has 1 aliphatic rings. The topological polar surface area (TPSA) is 153 Å². The normalized spacial score (nSPS) is 17.9. The first-order valence-corrected chi connectivity index (χ1v) is 10.5. The lowest BCUT2D eigenvalue weighted by atomic mass is 9.98. The van der Waals surface area contributed by atoms with Crippen molar-refractivity contribution in [2.45, 2.75) is 58.7 Å². The summed E-state index contributed by atoms with van der Waals surface area (Å²) in [6.45, 7) is 7.36. The molecule has 0 bridgehead atoms. The van der Waals surface area contributed by atoms with E-state index in [9.17, 15) is 24.0 Å². The van der Waals surface area contributed by atoms with Gasteiger partial charge in [-0.1, -0.05) is 27.7 Å². The molecule has 12 heteroatoms. The monoisotopic (exact) mass is 453 g/mol. The quantitative estimate of drug-likeness (QED) is 0.524. The summed E-state index contributed by atoms with van der Waals surface area (Å²) in [5, 5.41) is 8.96. The number of methoxy groups -OCH3 is 1. The minimum absolute atomic E-state index is 0.233. The zero-order valence-corrected chi connectivity index (χ0v) is 19.2. The maximum atomic E-state index is 13.1. The SMILES string of the molecule is COC(=O)N[C@H](C(=O)N1CCC[C@H]1C(=O)NC(C(=O)c1nn(C)c(=O)o1)C(C)C)C(C)C. The van der Waals surface area contributed by atoms with Crippen molar-refractivity contribution in [2.75, 3.05) is 13.7 Å². The number of hydrogen-bond donors (Lipinski definition) is 2. The van der Waals surface area contributed by atoms with Gasteiger partial charge in [-0.3, -0.25) is 14.4 Å². The predicted molar refractivity (Wildman–Crippen MR) is 112 cm³/mol. The van der Waals surface area contributed by atoms with Gasteiger partial charge in [0.05, 0.1) is 13.2 Å². The third kappa shape index (κ3) is 5.54. The van der Waals surface area contributed by atoms with Crippen molar-refractivity contribution in [3.8, 4) is 0 Å². The van der Waals surface area contributed by atoms with Crippen LogP contribution in [0.25, 0.3) is 0 Å². The molecule has 32 heavy (non-hydrogen) atoms. The smallest absolute Gasteiger partial charge is 0.437 e. The van der Waals surface area contributed by atoms with Gasteiger partial charge in [-0.2, -0.15) is 4.68 Å². The number of amides is 3. The maximum Gasteiger partial charge on any atom is 0.437 e. The Morgan fingerprint density at radius 2 is 1.72 bits per heavy atom. The van der Waals surface area contributed by atoms with Crippen molar-refractivity contribution >= 4 is 23.7 Å². The average Bonchev–Trinajstić information content (AvgIpc) is 3.35. The van der Waals surface area contributed by atoms with Gasteiger partial charge in [0.1, 0.15) is 12.1 Å². The van der Waals surface area contributed by atoms with E-state index >= 15 is 0 Å². The third-order valence-corrected chi connectivity index (χ3v) is 5.38. The van der Waals surface area contributed by atoms with Gasteiger partial charge in [-0.15, -0.1) is 5.10 Å². The van der Waals surface area contributed by atoms with E-state index < -0.39 is 53.5 Å². The van der Waals surface area contributed by atoms with Crippen LogP contribution in [0.1, 0.15) is 51.2 Å². The van der Waals surface area contributed by atoms with Gasteiger partial charge in [0, 0.05) is 13.6 Å². The summed E-state index contributed by atoms with van der Waals surface area (Å²) < 4.78 is 10.4. The molecule has 178 valence electrons. The molecule has 1 saturated heterocycles. The first kappa shape index (κ1) is 25.1. The molecule has 0 radical (unpaired) electrons. The second kappa shape index (κ2) is 10.4. The van der Waals surface area contributed by atoms with Crippen LogP contribution in [-0.2, 0) is 21.4 Å². The highest BCUT2D eigenvalue weighted by Gasteiger charge is 2.40. The summed E-state index contributed by atoms with van der Waals surface area (Å²) in [6, 6.07) is -2.65. The maximum absolute atomic E-state index is 13.1. The number of carbonyl (C=O) groups excluding carboxylic acids is 4. The van der Waals surface area contributed by atoms with Crippen LogP contribution in [0.15, 0.2) is 9.21 Å². The van der Waals surface area contributed by atoms with E-state index in [0.29, 0.717) is 19.4 Å². The first-order valence-electron chi connectivity index (χ1n) is 10.5. The number of rotatable bonds is 8. The molecule has 0 aliphatic carbocycles. The Morgan fingerprint density at radius 1 is 1.09 bits per heavy atom. The average molecular weight is 453 g/mol. The molecular weight excluding hydrogens is 422 g/mol. The molecule has 0 spiro atoms. The zero-order valence-electron chi connectivity index (χ0n) is 19.2. The molecule has 2 rings (SSSR count). The van der Waals surface area contributed by atoms with Crippen LogP contribution >= 0.6 is 0 Å². The number of ether oxygens (including phenoxy) is 1. The van der Waals surface area contributed by atoms with Gasteiger partial charge >= 0.3 is 11.8 Å². The zero-order chi connectivity index (χ0) is 24.2. The Balaban J connectivity index is 2.18. The molecule has 1 unspecified atom stereocenters. The second-order valence-electron chi connectivity index (χ2n) is 8.44. The van der Waals surface area contributed by atoms with Crippen molar-refractivity contribution in [1.82, 2.24) is 25.3 Å². The van der Waals surface area contributed by atoms with E-state index in [1.165, 1.54) is 19.1 Å². The summed E-state index contributed by atoms with van der Waals surface area (Å²) in [5.41, 5.74) is 0. The summed E-state index contributed by atoms with van der Waals surface area (Å²) >= 11 is 0. The highest BCUT2D eigenvalue weighted by atomic mass is 16.5. The Bertz CT molecular complexity index is 920. The van der Waals surface area contributed by atoms with E-state index in [-0.39, 0.29) is 11.8 Å². The molecule has 1 fully saturated rings. The molecule has 1 aliphatic heterocycles. The third-order valence-electron chi connectivity index (χ3n) is 5.38. The largest absolute Gasteiger partial charge is 0.453 e. The van der Waals surface area contributed by atoms with Crippen LogP contribution in [0.3, 0.4) is 0 Å². The number of carbonyl (C=O) groups is 4.